The molecule has 0 aliphatic heterocycles. The Kier molecular flexibility index (Phi) is 4.23. The van der Waals surface area contributed by atoms with Gasteiger partial charge in [-0.25, -0.2) is 0 Å². The van der Waals surface area contributed by atoms with E-state index >= 15 is 0 Å². The molecular weight excluding hydrogens is 197 g/mol. The average molecular weight is 208 g/mol. The summed E-state index contributed by atoms with van der Waals surface area (Å²) in [5.74, 6) is 0. The Labute approximate surface area is 87.9 Å². The van der Waals surface area contributed by atoms with Crippen molar-refractivity contribution in [2.45, 2.75) is 13.8 Å². The van der Waals surface area contributed by atoms with Gasteiger partial charge in [-0.05, 0) is 6.92 Å². The number of hydrogen-bond donors (Lipinski definition) is 0. The molecule has 1 aromatic carbocycles. The largest absolute Gasteiger partial charge is 0.199 e. The first-order valence-corrected chi connectivity index (χ1v) is 3.09. The Morgan fingerprint density at radius 3 is 2.10 bits per heavy atom. The summed E-state index contributed by atoms with van der Waals surface area (Å²) in [7, 11) is 0. The van der Waals surface area contributed by atoms with Gasteiger partial charge < -0.3 is 0 Å². The summed E-state index contributed by atoms with van der Waals surface area (Å²) in [5, 5.41) is 0. The molecule has 10 heavy (non-hydrogen) atoms. The van der Waals surface area contributed by atoms with Crippen LogP contribution in [0.1, 0.15) is 16.7 Å². The van der Waals surface area contributed by atoms with Crippen molar-refractivity contribution in [1.82, 2.24) is 0 Å². The van der Waals surface area contributed by atoms with Gasteiger partial charge in [0, 0.05) is 32.7 Å². The summed E-state index contributed by atoms with van der Waals surface area (Å²) in [6, 6.07) is 6.22. The molecular formula is C9H11Y-. The normalized spacial score (nSPS) is 8.60. The maximum atomic E-state index is 3.82. The van der Waals surface area contributed by atoms with Gasteiger partial charge in [-0.1, -0.05) is 12.5 Å². The second-order valence-electron chi connectivity index (χ2n) is 2.42. The van der Waals surface area contributed by atoms with Gasteiger partial charge in [-0.15, -0.1) is 11.6 Å². The first-order valence-electron chi connectivity index (χ1n) is 3.09. The number of aryl methyl sites for hydroxylation is 2. The van der Waals surface area contributed by atoms with Crippen LogP contribution in [0.2, 0.25) is 0 Å². The second-order valence-corrected chi connectivity index (χ2v) is 2.42. The Morgan fingerprint density at radius 2 is 1.70 bits per heavy atom. The zero-order valence-electron chi connectivity index (χ0n) is 6.52. The van der Waals surface area contributed by atoms with E-state index in [9.17, 15) is 0 Å². The topological polar surface area (TPSA) is 0 Å². The van der Waals surface area contributed by atoms with E-state index in [1.54, 1.807) is 0 Å². The summed E-state index contributed by atoms with van der Waals surface area (Å²) >= 11 is 0. The smallest absolute Gasteiger partial charge is 0 e. The number of benzene rings is 1. The molecule has 1 rings (SSSR count). The fourth-order valence-corrected chi connectivity index (χ4v) is 0.804. The molecule has 0 amide bonds. The van der Waals surface area contributed by atoms with Crippen molar-refractivity contribution in [3.05, 3.63) is 41.8 Å². The predicted octanol–water partition coefficient (Wildman–Crippen LogP) is 2.48. The Bertz CT molecular complexity index is 216. The van der Waals surface area contributed by atoms with Crippen molar-refractivity contribution >= 4 is 0 Å². The Balaban J connectivity index is 0.000000810. The van der Waals surface area contributed by atoms with Crippen LogP contribution in [0.4, 0.5) is 0 Å². The maximum absolute atomic E-state index is 3.82. The predicted molar refractivity (Wildman–Crippen MR) is 40.4 cm³/mol. The Morgan fingerprint density at radius 1 is 1.10 bits per heavy atom. The van der Waals surface area contributed by atoms with E-state index < -0.39 is 0 Å². The van der Waals surface area contributed by atoms with Crippen molar-refractivity contribution < 1.29 is 32.7 Å². The van der Waals surface area contributed by atoms with Gasteiger partial charge in [-0.3, -0.25) is 0 Å². The van der Waals surface area contributed by atoms with Crippen LogP contribution >= 0.6 is 0 Å². The van der Waals surface area contributed by atoms with E-state index in [2.05, 4.69) is 32.9 Å². The van der Waals surface area contributed by atoms with Crippen molar-refractivity contribution in [2.24, 2.45) is 0 Å². The maximum Gasteiger partial charge on any atom is 0 e. The minimum Gasteiger partial charge on any atom is -0.199 e. The summed E-state index contributed by atoms with van der Waals surface area (Å²) < 4.78 is 0. The molecule has 1 aromatic rings. The van der Waals surface area contributed by atoms with Gasteiger partial charge in [0.1, 0.15) is 0 Å². The van der Waals surface area contributed by atoms with E-state index in [-0.39, 0.29) is 32.7 Å². The summed E-state index contributed by atoms with van der Waals surface area (Å²) in [6.45, 7) is 8.03. The molecule has 0 aliphatic rings. The summed E-state index contributed by atoms with van der Waals surface area (Å²) in [5.41, 5.74) is 3.75. The van der Waals surface area contributed by atoms with Gasteiger partial charge in [0.05, 0.1) is 0 Å². The molecule has 0 nitrogen and oxygen atoms in total. The molecule has 0 fully saturated rings. The molecule has 0 saturated carbocycles. The molecule has 0 atom stereocenters. The molecule has 0 bridgehead atoms. The number of hydrogen-bond acceptors (Lipinski definition) is 0. The van der Waals surface area contributed by atoms with Crippen molar-refractivity contribution in [1.29, 1.82) is 0 Å². The van der Waals surface area contributed by atoms with Crippen LogP contribution in [-0.4, -0.2) is 0 Å². The van der Waals surface area contributed by atoms with E-state index in [0.717, 1.165) is 5.56 Å². The van der Waals surface area contributed by atoms with E-state index in [1.165, 1.54) is 11.1 Å². The van der Waals surface area contributed by atoms with Crippen LogP contribution in [0.15, 0.2) is 18.2 Å². The first kappa shape index (κ1) is 10.2. The van der Waals surface area contributed by atoms with E-state index in [0.29, 0.717) is 0 Å². The van der Waals surface area contributed by atoms with Gasteiger partial charge >= 0.3 is 0 Å². The third-order valence-electron chi connectivity index (χ3n) is 1.57. The van der Waals surface area contributed by atoms with Gasteiger partial charge in [-0.2, -0.15) is 24.6 Å². The molecule has 0 aliphatic carbocycles. The Hall–Kier alpha value is 0.194. The van der Waals surface area contributed by atoms with Crippen molar-refractivity contribution in [2.75, 3.05) is 0 Å². The molecule has 51 valence electrons. The van der Waals surface area contributed by atoms with Gasteiger partial charge in [0.15, 0.2) is 0 Å². The molecule has 0 N–H and O–H groups in total. The zero-order valence-corrected chi connectivity index (χ0v) is 9.35. The molecule has 0 aromatic heterocycles. The molecule has 1 heteroatoms. The molecule has 1 radical (unpaired) electrons. The van der Waals surface area contributed by atoms with Crippen LogP contribution in [0, 0.1) is 20.8 Å². The quantitative estimate of drug-likeness (QED) is 0.574. The van der Waals surface area contributed by atoms with Gasteiger partial charge in [0.25, 0.3) is 0 Å². The van der Waals surface area contributed by atoms with Gasteiger partial charge in [0.2, 0.25) is 0 Å². The molecule has 0 heterocycles. The van der Waals surface area contributed by atoms with Crippen LogP contribution in [0.3, 0.4) is 0 Å². The average Bonchev–Trinajstić information content (AvgIpc) is 1.80. The standard InChI is InChI=1S/C9H11.Y/c1-7-4-5-8(2)9(3)6-7;/h4-6H,1H2,2-3H3;/q-1;. The minimum atomic E-state index is 0. The fraction of sp³-hybridized carbons (Fsp3) is 0.222. The second kappa shape index (κ2) is 4.15. The van der Waals surface area contributed by atoms with Crippen LogP contribution in [0.25, 0.3) is 0 Å². The van der Waals surface area contributed by atoms with Crippen LogP contribution < -0.4 is 0 Å². The third-order valence-corrected chi connectivity index (χ3v) is 1.57. The summed E-state index contributed by atoms with van der Waals surface area (Å²) in [4.78, 5) is 0. The van der Waals surface area contributed by atoms with Crippen molar-refractivity contribution in [3.8, 4) is 0 Å². The third kappa shape index (κ3) is 2.44. The first-order chi connectivity index (χ1) is 4.20. The summed E-state index contributed by atoms with van der Waals surface area (Å²) in [6.07, 6.45) is 0. The van der Waals surface area contributed by atoms with E-state index in [1.807, 2.05) is 6.07 Å². The molecule has 0 spiro atoms. The number of rotatable bonds is 0. The SMILES string of the molecule is [CH2-]c1ccc(C)c(C)c1.[Y]. The van der Waals surface area contributed by atoms with E-state index in [4.69, 9.17) is 0 Å². The zero-order chi connectivity index (χ0) is 6.85. The minimum absolute atomic E-state index is 0. The van der Waals surface area contributed by atoms with Crippen LogP contribution in [-0.2, 0) is 32.7 Å². The molecule has 0 unspecified atom stereocenters. The molecule has 0 saturated heterocycles. The fourth-order valence-electron chi connectivity index (χ4n) is 0.804. The van der Waals surface area contributed by atoms with Crippen molar-refractivity contribution in [3.63, 3.8) is 0 Å². The monoisotopic (exact) mass is 208 g/mol. The van der Waals surface area contributed by atoms with Crippen LogP contribution in [0.5, 0.6) is 0 Å².